The molecule has 0 aromatic heterocycles. The van der Waals surface area contributed by atoms with E-state index in [0.29, 0.717) is 0 Å². The van der Waals surface area contributed by atoms with Crippen LogP contribution in [0, 0.1) is 5.92 Å². The zero-order valence-corrected chi connectivity index (χ0v) is 5.98. The molecule has 0 bridgehead atoms. The number of nitrogens with one attached hydrogen (secondary N) is 1. The van der Waals surface area contributed by atoms with E-state index in [4.69, 9.17) is 10.2 Å². The number of ketones is 1. The van der Waals surface area contributed by atoms with E-state index in [1.165, 1.54) is 0 Å². The van der Waals surface area contributed by atoms with E-state index >= 15 is 0 Å². The molecule has 1 rings (SSSR count). The molecule has 3 N–H and O–H groups in total. The zero-order valence-electron chi connectivity index (χ0n) is 5.98. The van der Waals surface area contributed by atoms with Gasteiger partial charge in [-0.05, 0) is 0 Å². The molecule has 0 amide bonds. The van der Waals surface area contributed by atoms with Crippen molar-refractivity contribution in [3.8, 4) is 0 Å². The largest absolute Gasteiger partial charge is 0.481 e. The summed E-state index contributed by atoms with van der Waals surface area (Å²) in [5.74, 6) is -4.73. The van der Waals surface area contributed by atoms with Crippen LogP contribution in [-0.2, 0) is 14.4 Å². The van der Waals surface area contributed by atoms with Crippen LogP contribution in [0.3, 0.4) is 0 Å². The molecule has 12 heavy (non-hydrogen) atoms. The lowest BCUT2D eigenvalue weighted by Crippen LogP contribution is -2.39. The molecule has 1 saturated heterocycles. The molecule has 1 heterocycles. The summed E-state index contributed by atoms with van der Waals surface area (Å²) in [5.41, 5.74) is 0. The fourth-order valence-electron chi connectivity index (χ4n) is 1.13. The lowest BCUT2D eigenvalue weighted by Gasteiger charge is -2.07. The van der Waals surface area contributed by atoms with E-state index in [-0.39, 0.29) is 6.54 Å². The molecule has 2 atom stereocenters. The Labute approximate surface area is 67.2 Å². The number of hydrogen-bond donors (Lipinski definition) is 3. The van der Waals surface area contributed by atoms with Gasteiger partial charge in [-0.2, -0.15) is 0 Å². The summed E-state index contributed by atoms with van der Waals surface area (Å²) < 4.78 is 0. The molecule has 6 heteroatoms. The maximum atomic E-state index is 10.8. The molecule has 0 saturated carbocycles. The maximum Gasteiger partial charge on any atom is 0.322 e. The minimum atomic E-state index is -1.44. The lowest BCUT2D eigenvalue weighted by molar-refractivity contribution is -0.151. The van der Waals surface area contributed by atoms with Crippen molar-refractivity contribution in [2.45, 2.75) is 6.04 Å². The van der Waals surface area contributed by atoms with Crippen molar-refractivity contribution in [1.82, 2.24) is 5.32 Å². The highest BCUT2D eigenvalue weighted by Crippen LogP contribution is 2.12. The first kappa shape index (κ1) is 8.66. The fraction of sp³-hybridized carbons (Fsp3) is 0.500. The van der Waals surface area contributed by atoms with E-state index in [1.54, 1.807) is 0 Å². The molecule has 0 radical (unpaired) electrons. The first-order chi connectivity index (χ1) is 5.54. The topological polar surface area (TPSA) is 104 Å². The molecule has 1 aliphatic heterocycles. The van der Waals surface area contributed by atoms with Gasteiger partial charge in [-0.25, -0.2) is 0 Å². The van der Waals surface area contributed by atoms with Crippen molar-refractivity contribution >= 4 is 17.7 Å². The van der Waals surface area contributed by atoms with Crippen LogP contribution in [0.15, 0.2) is 0 Å². The molecule has 1 aliphatic rings. The van der Waals surface area contributed by atoms with Crippen molar-refractivity contribution in [2.24, 2.45) is 5.92 Å². The summed E-state index contributed by atoms with van der Waals surface area (Å²) >= 11 is 0. The molecule has 0 aromatic carbocycles. The van der Waals surface area contributed by atoms with E-state index in [1.807, 2.05) is 0 Å². The van der Waals surface area contributed by atoms with E-state index < -0.39 is 29.7 Å². The second-order valence-corrected chi connectivity index (χ2v) is 2.48. The van der Waals surface area contributed by atoms with Crippen molar-refractivity contribution in [3.05, 3.63) is 0 Å². The highest BCUT2D eigenvalue weighted by molar-refractivity contribution is 6.06. The van der Waals surface area contributed by atoms with Gasteiger partial charge in [0.1, 0.15) is 12.0 Å². The summed E-state index contributed by atoms with van der Waals surface area (Å²) in [6.45, 7) is -0.187. The Morgan fingerprint density at radius 3 is 2.25 bits per heavy atom. The number of carboxylic acid groups (broad SMARTS) is 2. The summed E-state index contributed by atoms with van der Waals surface area (Å²) in [6.07, 6.45) is 0. The van der Waals surface area contributed by atoms with Gasteiger partial charge in [-0.15, -0.1) is 0 Å². The van der Waals surface area contributed by atoms with Crippen LogP contribution >= 0.6 is 0 Å². The molecule has 0 aromatic rings. The van der Waals surface area contributed by atoms with Gasteiger partial charge in [-0.3, -0.25) is 19.7 Å². The Hall–Kier alpha value is -1.43. The van der Waals surface area contributed by atoms with Crippen LogP contribution in [0.4, 0.5) is 0 Å². The smallest absolute Gasteiger partial charge is 0.322 e. The third-order valence-electron chi connectivity index (χ3n) is 1.71. The van der Waals surface area contributed by atoms with Gasteiger partial charge >= 0.3 is 11.9 Å². The van der Waals surface area contributed by atoms with Crippen molar-refractivity contribution in [1.29, 1.82) is 0 Å². The SMILES string of the molecule is O=C(O)[C@H]1C(=O)CN[C@@H]1C(=O)O. The molecule has 0 spiro atoms. The van der Waals surface area contributed by atoms with Crippen LogP contribution in [0.5, 0.6) is 0 Å². The minimum Gasteiger partial charge on any atom is -0.481 e. The molecule has 0 unspecified atom stereocenters. The van der Waals surface area contributed by atoms with Gasteiger partial charge in [0.25, 0.3) is 0 Å². The van der Waals surface area contributed by atoms with Crippen LogP contribution in [-0.4, -0.2) is 40.5 Å². The first-order valence-corrected chi connectivity index (χ1v) is 3.25. The first-order valence-electron chi connectivity index (χ1n) is 3.25. The highest BCUT2D eigenvalue weighted by atomic mass is 16.4. The van der Waals surface area contributed by atoms with Crippen molar-refractivity contribution in [3.63, 3.8) is 0 Å². The summed E-state index contributed by atoms with van der Waals surface area (Å²) in [4.78, 5) is 31.6. The number of aliphatic carboxylic acids is 2. The third kappa shape index (κ3) is 1.28. The molecule has 1 fully saturated rings. The third-order valence-corrected chi connectivity index (χ3v) is 1.71. The Kier molecular flexibility index (Phi) is 2.09. The molecule has 6 nitrogen and oxygen atoms in total. The number of hydrogen-bond acceptors (Lipinski definition) is 4. The standard InChI is InChI=1S/C6H7NO5/c8-2-1-7-4(6(11)12)3(2)5(9)10/h3-4,7H,1H2,(H,9,10)(H,11,12)/t3-,4-/m0/s1. The van der Waals surface area contributed by atoms with Gasteiger partial charge < -0.3 is 10.2 Å². The van der Waals surface area contributed by atoms with Crippen molar-refractivity contribution in [2.75, 3.05) is 6.54 Å². The van der Waals surface area contributed by atoms with E-state index in [2.05, 4.69) is 5.32 Å². The van der Waals surface area contributed by atoms with E-state index in [0.717, 1.165) is 0 Å². The van der Waals surface area contributed by atoms with E-state index in [9.17, 15) is 14.4 Å². The number of carbonyl (C=O) groups excluding carboxylic acids is 1. The molecular formula is C6H7NO5. The predicted octanol–water partition coefficient (Wildman–Crippen LogP) is -1.69. The highest BCUT2D eigenvalue weighted by Gasteiger charge is 2.43. The van der Waals surface area contributed by atoms with Crippen LogP contribution in [0.1, 0.15) is 0 Å². The Balaban J connectivity index is 2.84. The summed E-state index contributed by atoms with van der Waals surface area (Å²) in [6, 6.07) is -1.28. The Morgan fingerprint density at radius 1 is 1.33 bits per heavy atom. The minimum absolute atomic E-state index is 0.187. The van der Waals surface area contributed by atoms with Gasteiger partial charge in [0.15, 0.2) is 5.78 Å². The number of carboxylic acids is 2. The van der Waals surface area contributed by atoms with Crippen LogP contribution in [0.2, 0.25) is 0 Å². The number of Topliss-reactive ketones (excluding diaryl/α,β-unsaturated/α-hetero) is 1. The Bertz CT molecular complexity index is 248. The summed E-state index contributed by atoms with van der Waals surface area (Å²) in [5, 5.41) is 19.3. The van der Waals surface area contributed by atoms with Crippen molar-refractivity contribution < 1.29 is 24.6 Å². The zero-order chi connectivity index (χ0) is 9.30. The quantitative estimate of drug-likeness (QED) is 0.430. The van der Waals surface area contributed by atoms with Gasteiger partial charge in [-0.1, -0.05) is 0 Å². The number of rotatable bonds is 2. The summed E-state index contributed by atoms with van der Waals surface area (Å²) in [7, 11) is 0. The lowest BCUT2D eigenvalue weighted by atomic mass is 10.0. The predicted molar refractivity (Wildman–Crippen MR) is 35.6 cm³/mol. The van der Waals surface area contributed by atoms with Gasteiger partial charge in [0.05, 0.1) is 6.54 Å². The molecule has 66 valence electrons. The van der Waals surface area contributed by atoms with Gasteiger partial charge in [0.2, 0.25) is 0 Å². The monoisotopic (exact) mass is 173 g/mol. The second-order valence-electron chi connectivity index (χ2n) is 2.48. The Morgan fingerprint density at radius 2 is 1.92 bits per heavy atom. The van der Waals surface area contributed by atoms with Crippen LogP contribution in [0.25, 0.3) is 0 Å². The van der Waals surface area contributed by atoms with Gasteiger partial charge in [0, 0.05) is 0 Å². The average Bonchev–Trinajstić information content (AvgIpc) is 2.30. The molecule has 0 aliphatic carbocycles. The second kappa shape index (κ2) is 2.90. The maximum absolute atomic E-state index is 10.8. The average molecular weight is 173 g/mol. The molecular weight excluding hydrogens is 166 g/mol. The van der Waals surface area contributed by atoms with Crippen LogP contribution < -0.4 is 5.32 Å². The normalized spacial score (nSPS) is 28.8. The number of carbonyl (C=O) groups is 3. The fourth-order valence-corrected chi connectivity index (χ4v) is 1.13.